The van der Waals surface area contributed by atoms with Crippen molar-refractivity contribution in [3.8, 4) is 0 Å². The van der Waals surface area contributed by atoms with Crippen LogP contribution in [0.2, 0.25) is 0 Å². The van der Waals surface area contributed by atoms with Gasteiger partial charge in [0.05, 0.1) is 0 Å². The maximum Gasteiger partial charge on any atom is 0 e. The molecule has 0 saturated carbocycles. The van der Waals surface area contributed by atoms with Gasteiger partial charge in [-0.15, -0.1) is 0 Å². The Morgan fingerprint density at radius 2 is 1.00 bits per heavy atom. The fourth-order valence-corrected chi connectivity index (χ4v) is 0. The monoisotopic (exact) mass is 275 g/mol. The van der Waals surface area contributed by atoms with Gasteiger partial charge in [0.25, 0.3) is 0 Å². The van der Waals surface area contributed by atoms with Crippen molar-refractivity contribution in [1.29, 1.82) is 0 Å². The molecule has 1 radical (unpaired) electrons. The minimum atomic E-state index is 0. The molecule has 0 rings (SSSR count). The molecule has 0 aromatic carbocycles. The summed E-state index contributed by atoms with van der Waals surface area (Å²) >= 11 is 0. The van der Waals surface area contributed by atoms with Gasteiger partial charge in [0.15, 0.2) is 0 Å². The van der Waals surface area contributed by atoms with Crippen molar-refractivity contribution in [2.24, 2.45) is 0 Å². The van der Waals surface area contributed by atoms with Crippen LogP contribution in [0.3, 0.4) is 0 Å². The van der Waals surface area contributed by atoms with Crippen molar-refractivity contribution >= 4 is 61.3 Å². The van der Waals surface area contributed by atoms with Gasteiger partial charge in [-0.05, 0) is 0 Å². The molecule has 0 aliphatic heterocycles. The summed E-state index contributed by atoms with van der Waals surface area (Å²) in [6.07, 6.45) is 0. The largest absolute Gasteiger partial charge is 0.412 e. The zero-order valence-corrected chi connectivity index (χ0v) is 10.1. The summed E-state index contributed by atoms with van der Waals surface area (Å²) in [5.74, 6) is 0. The fraction of sp³-hybridized carbons (Fsp3) is 0. The summed E-state index contributed by atoms with van der Waals surface area (Å²) in [5, 5.41) is 0. The molecule has 1 nitrogen and oxygen atoms in total. The van der Waals surface area contributed by atoms with Crippen LogP contribution in [0, 0.1) is 0 Å². The van der Waals surface area contributed by atoms with Crippen molar-refractivity contribution in [2.75, 3.05) is 0 Å². The van der Waals surface area contributed by atoms with E-state index >= 15 is 0 Å². The Bertz CT molecular complexity index is 8.00. The van der Waals surface area contributed by atoms with E-state index in [0.717, 1.165) is 0 Å². The Morgan fingerprint density at radius 1 is 1.00 bits per heavy atom. The zero-order valence-electron chi connectivity index (χ0n) is 2.62. The van der Waals surface area contributed by atoms with Crippen molar-refractivity contribution < 1.29 is 26.5 Å². The molecule has 0 fully saturated rings. The van der Waals surface area contributed by atoms with Crippen LogP contribution >= 0.6 is 9.90 Å². The van der Waals surface area contributed by atoms with Crippen LogP contribution in [0.5, 0.6) is 0 Å². The molecule has 0 aliphatic carbocycles. The third-order valence-corrected chi connectivity index (χ3v) is 0. The van der Waals surface area contributed by atoms with Crippen LogP contribution in [0.4, 0.5) is 0 Å². The maximum atomic E-state index is 0. The van der Waals surface area contributed by atoms with Crippen LogP contribution in [0.15, 0.2) is 0 Å². The standard InChI is InChI=1S/K.H2O.H3P.W/h;1H2;1H3;. The molecule has 0 aromatic rings. The zero-order chi connectivity index (χ0) is 0. The molecule has 0 aromatic heterocycles. The van der Waals surface area contributed by atoms with E-state index in [0.29, 0.717) is 0 Å². The third-order valence-electron chi connectivity index (χ3n) is 0. The average molecular weight is 275 g/mol. The van der Waals surface area contributed by atoms with E-state index < -0.39 is 0 Å². The molecule has 0 amide bonds. The molecule has 0 bridgehead atoms. The van der Waals surface area contributed by atoms with E-state index in [-0.39, 0.29) is 87.8 Å². The fourth-order valence-electron chi connectivity index (χ4n) is 0. The molecule has 2 N–H and O–H groups in total. The third kappa shape index (κ3) is 8.83. The Morgan fingerprint density at radius 3 is 1.00 bits per heavy atom. The molecule has 0 saturated heterocycles. The maximum absolute atomic E-state index is 0. The van der Waals surface area contributed by atoms with E-state index in [1.165, 1.54) is 0 Å². The van der Waals surface area contributed by atoms with Gasteiger partial charge < -0.3 is 5.48 Å². The molecule has 0 spiro atoms. The van der Waals surface area contributed by atoms with Crippen LogP contribution in [0.1, 0.15) is 0 Å². The van der Waals surface area contributed by atoms with Crippen molar-refractivity contribution in [3.63, 3.8) is 0 Å². The number of hydrogen-bond donors (Lipinski definition) is 0. The second-order valence-electron chi connectivity index (χ2n) is 0. The summed E-state index contributed by atoms with van der Waals surface area (Å²) in [7, 11) is 0. The van der Waals surface area contributed by atoms with E-state index in [4.69, 9.17) is 0 Å². The van der Waals surface area contributed by atoms with E-state index in [2.05, 4.69) is 0 Å². The van der Waals surface area contributed by atoms with Gasteiger partial charge >= 0.3 is 0 Å². The Kier molecular flexibility index (Phi) is 128. The molecule has 4 heavy (non-hydrogen) atoms. The normalized spacial score (nSPS) is 0. The second kappa shape index (κ2) is 17.2. The van der Waals surface area contributed by atoms with Crippen LogP contribution in [0.25, 0.3) is 0 Å². The predicted molar refractivity (Wildman–Crippen MR) is 20.5 cm³/mol. The predicted octanol–water partition coefficient (Wildman–Crippen LogP) is -1.15. The molecule has 0 aliphatic rings. The van der Waals surface area contributed by atoms with Crippen molar-refractivity contribution in [1.82, 2.24) is 0 Å². The van der Waals surface area contributed by atoms with Gasteiger partial charge in [0.1, 0.15) is 0 Å². The Balaban J connectivity index is 0. The molecular formula is H5KOPW. The molecule has 1 unspecified atom stereocenters. The summed E-state index contributed by atoms with van der Waals surface area (Å²) in [6.45, 7) is 0. The SMILES string of the molecule is O.P.[K].[W]. The topological polar surface area (TPSA) is 31.5 Å². The molecular weight excluding hydrogens is 270 g/mol. The van der Waals surface area contributed by atoms with Crippen LogP contribution in [-0.2, 0) is 21.1 Å². The smallest absolute Gasteiger partial charge is 0 e. The molecule has 4 heteroatoms. The first kappa shape index (κ1) is 29.8. The minimum Gasteiger partial charge on any atom is -0.412 e. The van der Waals surface area contributed by atoms with Crippen molar-refractivity contribution in [2.45, 2.75) is 0 Å². The Hall–Kier alpha value is 2.71. The first-order chi connectivity index (χ1) is 0. The average Bonchev–Trinajstić information content (AvgIpc) is 0. The van der Waals surface area contributed by atoms with Gasteiger partial charge in [-0.25, -0.2) is 0 Å². The van der Waals surface area contributed by atoms with Gasteiger partial charge in [-0.1, -0.05) is 0 Å². The molecule has 0 heterocycles. The van der Waals surface area contributed by atoms with Crippen molar-refractivity contribution in [3.05, 3.63) is 0 Å². The van der Waals surface area contributed by atoms with E-state index in [1.54, 1.807) is 0 Å². The van der Waals surface area contributed by atoms with Gasteiger partial charge in [-0.3, -0.25) is 0 Å². The van der Waals surface area contributed by atoms with E-state index in [9.17, 15) is 0 Å². The first-order valence-electron chi connectivity index (χ1n) is 0. The van der Waals surface area contributed by atoms with Crippen LogP contribution < -0.4 is 0 Å². The summed E-state index contributed by atoms with van der Waals surface area (Å²) in [5.41, 5.74) is 0. The summed E-state index contributed by atoms with van der Waals surface area (Å²) in [6, 6.07) is 0. The summed E-state index contributed by atoms with van der Waals surface area (Å²) < 4.78 is 0. The van der Waals surface area contributed by atoms with Gasteiger partial charge in [-0.2, -0.15) is 9.90 Å². The molecule has 23 valence electrons. The quantitative estimate of drug-likeness (QED) is 0.395. The summed E-state index contributed by atoms with van der Waals surface area (Å²) in [4.78, 5) is 0. The second-order valence-corrected chi connectivity index (χ2v) is 0. The number of hydrogen-bond acceptors (Lipinski definition) is 0. The Labute approximate surface area is 85.9 Å². The van der Waals surface area contributed by atoms with Crippen LogP contribution in [-0.4, -0.2) is 56.9 Å². The minimum absolute atomic E-state index is 0. The van der Waals surface area contributed by atoms with Gasteiger partial charge in [0.2, 0.25) is 0 Å². The molecule has 1 atom stereocenters. The number of rotatable bonds is 0. The van der Waals surface area contributed by atoms with Gasteiger partial charge in [0, 0.05) is 72.4 Å². The van der Waals surface area contributed by atoms with E-state index in [1.807, 2.05) is 0 Å². The first-order valence-corrected chi connectivity index (χ1v) is 0.